The molecule has 0 aliphatic carbocycles. The van der Waals surface area contributed by atoms with Gasteiger partial charge in [0, 0.05) is 12.6 Å². The summed E-state index contributed by atoms with van der Waals surface area (Å²) in [6, 6.07) is 16.3. The van der Waals surface area contributed by atoms with Gasteiger partial charge in [0.15, 0.2) is 18.1 Å². The molecule has 2 amide bonds. The first-order valence-electron chi connectivity index (χ1n) is 10.4. The number of hydrogen-bond acceptors (Lipinski definition) is 4. The van der Waals surface area contributed by atoms with Crippen LogP contribution in [0.3, 0.4) is 0 Å². The Morgan fingerprint density at radius 3 is 2.20 bits per heavy atom. The Morgan fingerprint density at radius 2 is 1.60 bits per heavy atom. The number of amides is 2. The maximum atomic E-state index is 13.2. The van der Waals surface area contributed by atoms with Crippen LogP contribution >= 0.6 is 0 Å². The Balaban J connectivity index is 2.20. The van der Waals surface area contributed by atoms with Crippen molar-refractivity contribution < 1.29 is 19.1 Å². The van der Waals surface area contributed by atoms with Gasteiger partial charge < -0.3 is 19.7 Å². The molecule has 0 saturated carbocycles. The SMILES string of the molecule is CC[C@H](C)NC(=O)[C@H](CC)N(Cc1ccccc1)C(=O)COc1ccccc1OC. The lowest BCUT2D eigenvalue weighted by atomic mass is 10.1. The molecule has 2 aromatic carbocycles. The number of nitrogens with zero attached hydrogens (tertiary/aromatic N) is 1. The van der Waals surface area contributed by atoms with Crippen molar-refractivity contribution in [2.75, 3.05) is 13.7 Å². The molecule has 0 aliphatic rings. The van der Waals surface area contributed by atoms with E-state index in [1.807, 2.05) is 63.2 Å². The average molecular weight is 413 g/mol. The number of methoxy groups -OCH3 is 1. The second-order valence-corrected chi connectivity index (χ2v) is 7.19. The largest absolute Gasteiger partial charge is 0.493 e. The molecule has 0 bridgehead atoms. The number of para-hydroxylation sites is 2. The van der Waals surface area contributed by atoms with Gasteiger partial charge in [0.05, 0.1) is 7.11 Å². The zero-order valence-electron chi connectivity index (χ0n) is 18.3. The van der Waals surface area contributed by atoms with Gasteiger partial charge in [0.1, 0.15) is 6.04 Å². The Bertz CT molecular complexity index is 810. The zero-order chi connectivity index (χ0) is 21.9. The van der Waals surface area contributed by atoms with Crippen LogP contribution in [0.1, 0.15) is 39.2 Å². The number of nitrogens with one attached hydrogen (secondary N) is 1. The number of ether oxygens (including phenoxy) is 2. The van der Waals surface area contributed by atoms with Crippen molar-refractivity contribution in [3.63, 3.8) is 0 Å². The molecule has 30 heavy (non-hydrogen) atoms. The molecule has 2 atom stereocenters. The Kier molecular flexibility index (Phi) is 9.19. The third-order valence-corrected chi connectivity index (χ3v) is 5.00. The molecular formula is C24H32N2O4. The molecule has 6 heteroatoms. The molecule has 0 heterocycles. The van der Waals surface area contributed by atoms with Gasteiger partial charge >= 0.3 is 0 Å². The zero-order valence-corrected chi connectivity index (χ0v) is 18.3. The minimum Gasteiger partial charge on any atom is -0.493 e. The minimum absolute atomic E-state index is 0.0463. The first-order chi connectivity index (χ1) is 14.5. The molecule has 0 fully saturated rings. The summed E-state index contributed by atoms with van der Waals surface area (Å²) in [6.45, 7) is 6.04. The van der Waals surface area contributed by atoms with Gasteiger partial charge in [-0.2, -0.15) is 0 Å². The highest BCUT2D eigenvalue weighted by atomic mass is 16.5. The summed E-state index contributed by atoms with van der Waals surface area (Å²) in [6.07, 6.45) is 1.33. The lowest BCUT2D eigenvalue weighted by molar-refractivity contribution is -0.143. The Morgan fingerprint density at radius 1 is 0.967 bits per heavy atom. The van der Waals surface area contributed by atoms with Crippen molar-refractivity contribution in [1.82, 2.24) is 10.2 Å². The van der Waals surface area contributed by atoms with Crippen LogP contribution in [-0.4, -0.2) is 42.5 Å². The van der Waals surface area contributed by atoms with E-state index >= 15 is 0 Å². The number of carbonyl (C=O) groups is 2. The van der Waals surface area contributed by atoms with E-state index in [1.165, 1.54) is 0 Å². The average Bonchev–Trinajstić information content (AvgIpc) is 2.78. The summed E-state index contributed by atoms with van der Waals surface area (Å²) < 4.78 is 11.0. The fourth-order valence-electron chi connectivity index (χ4n) is 3.10. The van der Waals surface area contributed by atoms with Crippen LogP contribution in [0, 0.1) is 0 Å². The molecule has 0 aromatic heterocycles. The van der Waals surface area contributed by atoms with Gasteiger partial charge in [0.2, 0.25) is 5.91 Å². The molecule has 2 rings (SSSR count). The molecule has 0 radical (unpaired) electrons. The van der Waals surface area contributed by atoms with Crippen LogP contribution in [0.25, 0.3) is 0 Å². The first kappa shape index (κ1) is 23.3. The molecule has 162 valence electrons. The second kappa shape index (κ2) is 11.9. The van der Waals surface area contributed by atoms with E-state index < -0.39 is 6.04 Å². The molecule has 0 aliphatic heterocycles. The molecular weight excluding hydrogens is 380 g/mol. The fraction of sp³-hybridized carbons (Fsp3) is 0.417. The molecule has 0 saturated heterocycles. The smallest absolute Gasteiger partial charge is 0.261 e. The Hall–Kier alpha value is -3.02. The summed E-state index contributed by atoms with van der Waals surface area (Å²) in [4.78, 5) is 27.6. The summed E-state index contributed by atoms with van der Waals surface area (Å²) >= 11 is 0. The number of hydrogen-bond donors (Lipinski definition) is 1. The number of rotatable bonds is 11. The first-order valence-corrected chi connectivity index (χ1v) is 10.4. The fourth-order valence-corrected chi connectivity index (χ4v) is 3.10. The van der Waals surface area contributed by atoms with E-state index in [9.17, 15) is 9.59 Å². The van der Waals surface area contributed by atoms with Crippen LogP contribution in [-0.2, 0) is 16.1 Å². The summed E-state index contributed by atoms with van der Waals surface area (Å²) in [5.41, 5.74) is 0.956. The third kappa shape index (κ3) is 6.51. The van der Waals surface area contributed by atoms with Gasteiger partial charge in [-0.15, -0.1) is 0 Å². The van der Waals surface area contributed by atoms with Crippen molar-refractivity contribution in [2.24, 2.45) is 0 Å². The predicted molar refractivity (Wildman–Crippen MR) is 117 cm³/mol. The van der Waals surface area contributed by atoms with Crippen LogP contribution in [0.4, 0.5) is 0 Å². The van der Waals surface area contributed by atoms with Crippen molar-refractivity contribution in [3.8, 4) is 11.5 Å². The van der Waals surface area contributed by atoms with Crippen molar-refractivity contribution in [3.05, 3.63) is 60.2 Å². The number of carbonyl (C=O) groups excluding carboxylic acids is 2. The maximum absolute atomic E-state index is 13.2. The monoisotopic (exact) mass is 412 g/mol. The summed E-state index contributed by atoms with van der Waals surface area (Å²) in [5.74, 6) is 0.649. The van der Waals surface area contributed by atoms with Gasteiger partial charge in [-0.3, -0.25) is 9.59 Å². The van der Waals surface area contributed by atoms with Crippen molar-refractivity contribution >= 4 is 11.8 Å². The number of benzene rings is 2. The van der Waals surface area contributed by atoms with Crippen LogP contribution in [0.2, 0.25) is 0 Å². The third-order valence-electron chi connectivity index (χ3n) is 5.00. The second-order valence-electron chi connectivity index (χ2n) is 7.19. The van der Waals surface area contributed by atoms with Gasteiger partial charge in [-0.1, -0.05) is 56.3 Å². The van der Waals surface area contributed by atoms with Gasteiger partial charge in [-0.05, 0) is 37.5 Å². The lowest BCUT2D eigenvalue weighted by Crippen LogP contribution is -2.51. The standard InChI is InChI=1S/C24H32N2O4/c1-5-18(3)25-24(28)20(6-2)26(16-19-12-8-7-9-13-19)23(27)17-30-22-15-11-10-14-21(22)29-4/h7-15,18,20H,5-6,16-17H2,1-4H3,(H,25,28)/t18-,20-/m0/s1. The van der Waals surface area contributed by atoms with Gasteiger partial charge in [-0.25, -0.2) is 0 Å². The highest BCUT2D eigenvalue weighted by Gasteiger charge is 2.29. The van der Waals surface area contributed by atoms with Crippen LogP contribution in [0.15, 0.2) is 54.6 Å². The molecule has 6 nitrogen and oxygen atoms in total. The predicted octanol–water partition coefficient (Wildman–Crippen LogP) is 3.80. The van der Waals surface area contributed by atoms with E-state index in [-0.39, 0.29) is 24.5 Å². The minimum atomic E-state index is -0.576. The molecule has 0 unspecified atom stereocenters. The molecule has 1 N–H and O–H groups in total. The maximum Gasteiger partial charge on any atom is 0.261 e. The van der Waals surface area contributed by atoms with E-state index in [4.69, 9.17) is 9.47 Å². The van der Waals surface area contributed by atoms with Gasteiger partial charge in [0.25, 0.3) is 5.91 Å². The summed E-state index contributed by atoms with van der Waals surface area (Å²) in [5, 5.41) is 3.00. The van der Waals surface area contributed by atoms with Crippen molar-refractivity contribution in [1.29, 1.82) is 0 Å². The lowest BCUT2D eigenvalue weighted by Gasteiger charge is -2.31. The van der Waals surface area contributed by atoms with E-state index in [1.54, 1.807) is 24.1 Å². The molecule has 2 aromatic rings. The highest BCUT2D eigenvalue weighted by Crippen LogP contribution is 2.26. The van der Waals surface area contributed by atoms with E-state index in [0.717, 1.165) is 12.0 Å². The quantitative estimate of drug-likeness (QED) is 0.610. The molecule has 0 spiro atoms. The highest BCUT2D eigenvalue weighted by molar-refractivity contribution is 5.88. The van der Waals surface area contributed by atoms with Crippen LogP contribution in [0.5, 0.6) is 11.5 Å². The van der Waals surface area contributed by atoms with Crippen molar-refractivity contribution in [2.45, 2.75) is 52.2 Å². The topological polar surface area (TPSA) is 67.9 Å². The Labute approximate surface area is 179 Å². The normalized spacial score (nSPS) is 12.5. The van der Waals surface area contributed by atoms with Crippen LogP contribution < -0.4 is 14.8 Å². The van der Waals surface area contributed by atoms with E-state index in [2.05, 4.69) is 5.32 Å². The van der Waals surface area contributed by atoms with E-state index in [0.29, 0.717) is 24.5 Å². The summed E-state index contributed by atoms with van der Waals surface area (Å²) in [7, 11) is 1.55.